The van der Waals surface area contributed by atoms with Gasteiger partial charge < -0.3 is 10.1 Å². The Morgan fingerprint density at radius 1 is 1.50 bits per heavy atom. The van der Waals surface area contributed by atoms with Crippen LogP contribution >= 0.6 is 23.2 Å². The van der Waals surface area contributed by atoms with Crippen LogP contribution in [0.5, 0.6) is 0 Å². The molecule has 0 bridgehead atoms. The molecule has 1 amide bonds. The van der Waals surface area contributed by atoms with Crippen molar-refractivity contribution in [1.82, 2.24) is 5.32 Å². The van der Waals surface area contributed by atoms with Crippen LogP contribution in [0.25, 0.3) is 0 Å². The number of hydrogen-bond acceptors (Lipinski definition) is 2. The van der Waals surface area contributed by atoms with Gasteiger partial charge in [0.25, 0.3) is 0 Å². The molecule has 3 unspecified atom stereocenters. The van der Waals surface area contributed by atoms with Crippen molar-refractivity contribution in [1.29, 1.82) is 0 Å². The normalized spacial score (nSPS) is 22.4. The Hall–Kier alpha value is -0.840. The third kappa shape index (κ3) is 3.43. The summed E-state index contributed by atoms with van der Waals surface area (Å²) < 4.78 is 18.8. The van der Waals surface area contributed by atoms with Crippen molar-refractivity contribution < 1.29 is 13.9 Å². The van der Waals surface area contributed by atoms with Gasteiger partial charge in [-0.1, -0.05) is 23.2 Å². The van der Waals surface area contributed by atoms with Crippen molar-refractivity contribution in [2.45, 2.75) is 32.4 Å². The fraction of sp³-hybridized carbons (Fsp3) is 0.500. The van der Waals surface area contributed by atoms with E-state index in [0.29, 0.717) is 17.2 Å². The third-order valence-electron chi connectivity index (χ3n) is 3.31. The van der Waals surface area contributed by atoms with E-state index in [2.05, 4.69) is 5.32 Å². The molecule has 6 heteroatoms. The number of halogens is 3. The molecular weight excluding hydrogens is 304 g/mol. The van der Waals surface area contributed by atoms with Gasteiger partial charge in [0.05, 0.1) is 23.1 Å². The molecule has 1 aliphatic rings. The summed E-state index contributed by atoms with van der Waals surface area (Å²) in [5.41, 5.74) is 0.510. The number of hydrogen-bond donors (Lipinski definition) is 1. The average Bonchev–Trinajstić information content (AvgIpc) is 3.13. The lowest BCUT2D eigenvalue weighted by molar-refractivity contribution is -0.123. The molecule has 1 saturated carbocycles. The fourth-order valence-corrected chi connectivity index (χ4v) is 2.66. The molecule has 1 N–H and O–H groups in total. The van der Waals surface area contributed by atoms with E-state index in [-0.39, 0.29) is 29.0 Å². The van der Waals surface area contributed by atoms with Crippen molar-refractivity contribution >= 4 is 29.1 Å². The van der Waals surface area contributed by atoms with Crippen molar-refractivity contribution in [3.05, 3.63) is 33.6 Å². The topological polar surface area (TPSA) is 38.3 Å². The monoisotopic (exact) mass is 319 g/mol. The first-order valence-electron chi connectivity index (χ1n) is 6.50. The number of ether oxygens (including phenoxy) is 1. The summed E-state index contributed by atoms with van der Waals surface area (Å²) in [5, 5.41) is 3.12. The van der Waals surface area contributed by atoms with E-state index in [0.717, 1.165) is 6.42 Å². The molecule has 0 aliphatic heterocycles. The second-order valence-electron chi connectivity index (χ2n) is 4.85. The van der Waals surface area contributed by atoms with Gasteiger partial charge in [0, 0.05) is 11.6 Å². The molecule has 0 radical (unpaired) electrons. The number of carbonyl (C=O) groups excluding carboxylic acids is 1. The summed E-state index contributed by atoms with van der Waals surface area (Å²) in [7, 11) is 0. The van der Waals surface area contributed by atoms with Crippen LogP contribution in [0.4, 0.5) is 4.39 Å². The average molecular weight is 320 g/mol. The van der Waals surface area contributed by atoms with E-state index >= 15 is 0 Å². The van der Waals surface area contributed by atoms with Crippen molar-refractivity contribution in [2.24, 2.45) is 5.92 Å². The van der Waals surface area contributed by atoms with Crippen LogP contribution in [-0.4, -0.2) is 18.6 Å². The Labute approximate surface area is 127 Å². The molecule has 0 heterocycles. The maximum Gasteiger partial charge on any atom is 0.226 e. The van der Waals surface area contributed by atoms with Crippen LogP contribution in [0.2, 0.25) is 10.0 Å². The van der Waals surface area contributed by atoms with Gasteiger partial charge in [0.1, 0.15) is 5.82 Å². The highest BCUT2D eigenvalue weighted by molar-refractivity contribution is 6.35. The molecule has 1 aliphatic carbocycles. The first-order valence-corrected chi connectivity index (χ1v) is 7.26. The van der Waals surface area contributed by atoms with Gasteiger partial charge in [-0.3, -0.25) is 4.79 Å². The van der Waals surface area contributed by atoms with E-state index in [1.807, 2.05) is 6.92 Å². The Bertz CT molecular complexity index is 524. The minimum absolute atomic E-state index is 0.00428. The maximum atomic E-state index is 13.5. The minimum atomic E-state index is -0.550. The predicted octanol–water partition coefficient (Wildman–Crippen LogP) is 3.73. The zero-order chi connectivity index (χ0) is 14.9. The second kappa shape index (κ2) is 6.29. The van der Waals surface area contributed by atoms with E-state index in [9.17, 15) is 9.18 Å². The molecule has 1 aromatic rings. The Balaban J connectivity index is 2.00. The van der Waals surface area contributed by atoms with Gasteiger partial charge in [-0.2, -0.15) is 0 Å². The summed E-state index contributed by atoms with van der Waals surface area (Å²) in [6.45, 7) is 4.24. The highest BCUT2D eigenvalue weighted by atomic mass is 35.5. The first kappa shape index (κ1) is 15.5. The van der Waals surface area contributed by atoms with Gasteiger partial charge >= 0.3 is 0 Å². The Morgan fingerprint density at radius 2 is 2.20 bits per heavy atom. The number of benzene rings is 1. The Kier molecular flexibility index (Phi) is 4.89. The van der Waals surface area contributed by atoms with Gasteiger partial charge in [0.15, 0.2) is 0 Å². The molecule has 0 aromatic heterocycles. The smallest absolute Gasteiger partial charge is 0.226 e. The molecule has 1 aromatic carbocycles. The van der Waals surface area contributed by atoms with E-state index < -0.39 is 5.82 Å². The van der Waals surface area contributed by atoms with Crippen molar-refractivity contribution in [3.8, 4) is 0 Å². The van der Waals surface area contributed by atoms with E-state index in [1.165, 1.54) is 12.1 Å². The molecule has 1 fully saturated rings. The molecule has 0 spiro atoms. The van der Waals surface area contributed by atoms with E-state index in [1.54, 1.807) is 6.92 Å². The number of amides is 1. The largest absolute Gasteiger partial charge is 0.378 e. The van der Waals surface area contributed by atoms with Crippen LogP contribution in [0.15, 0.2) is 12.1 Å². The number of carbonyl (C=O) groups is 1. The molecule has 2 rings (SSSR count). The quantitative estimate of drug-likeness (QED) is 0.840. The summed E-state index contributed by atoms with van der Waals surface area (Å²) in [4.78, 5) is 12.0. The molecule has 3 atom stereocenters. The number of nitrogens with one attached hydrogen (secondary N) is 1. The molecular formula is C14H16Cl2FNO2. The van der Waals surface area contributed by atoms with E-state index in [4.69, 9.17) is 27.9 Å². The molecule has 110 valence electrons. The van der Waals surface area contributed by atoms with Crippen LogP contribution in [0.1, 0.15) is 31.9 Å². The SMILES string of the molecule is CCOC1CC1C(=O)NC(C)c1cc(F)c(Cl)cc1Cl. The summed E-state index contributed by atoms with van der Waals surface area (Å²) in [6, 6.07) is 2.21. The van der Waals surface area contributed by atoms with Crippen LogP contribution in [0, 0.1) is 11.7 Å². The minimum Gasteiger partial charge on any atom is -0.378 e. The van der Waals surface area contributed by atoms with Gasteiger partial charge in [-0.05, 0) is 38.0 Å². The highest BCUT2D eigenvalue weighted by Gasteiger charge is 2.44. The third-order valence-corrected chi connectivity index (χ3v) is 3.93. The first-order chi connectivity index (χ1) is 9.43. The van der Waals surface area contributed by atoms with Gasteiger partial charge in [0.2, 0.25) is 5.91 Å². The summed E-state index contributed by atoms with van der Waals surface area (Å²) in [6.07, 6.45) is 0.736. The second-order valence-corrected chi connectivity index (χ2v) is 5.67. The maximum absolute atomic E-state index is 13.5. The van der Waals surface area contributed by atoms with Crippen molar-refractivity contribution in [3.63, 3.8) is 0 Å². The standard InChI is InChI=1S/C14H16Cl2FNO2/c1-3-20-13-5-9(13)14(19)18-7(2)8-4-12(17)11(16)6-10(8)15/h4,6-7,9,13H,3,5H2,1-2H3,(H,18,19). The van der Waals surface area contributed by atoms with Gasteiger partial charge in [-0.25, -0.2) is 4.39 Å². The van der Waals surface area contributed by atoms with Crippen molar-refractivity contribution in [2.75, 3.05) is 6.61 Å². The van der Waals surface area contributed by atoms with Crippen LogP contribution in [0.3, 0.4) is 0 Å². The molecule has 0 saturated heterocycles. The predicted molar refractivity (Wildman–Crippen MR) is 76.5 cm³/mol. The molecule has 20 heavy (non-hydrogen) atoms. The fourth-order valence-electron chi connectivity index (χ4n) is 2.11. The zero-order valence-electron chi connectivity index (χ0n) is 11.3. The van der Waals surface area contributed by atoms with Gasteiger partial charge in [-0.15, -0.1) is 0 Å². The number of rotatable bonds is 5. The molecule has 3 nitrogen and oxygen atoms in total. The highest BCUT2D eigenvalue weighted by Crippen LogP contribution is 2.35. The lowest BCUT2D eigenvalue weighted by Gasteiger charge is -2.16. The summed E-state index contributed by atoms with van der Waals surface area (Å²) >= 11 is 11.7. The van der Waals surface area contributed by atoms with Crippen LogP contribution in [-0.2, 0) is 9.53 Å². The summed E-state index contributed by atoms with van der Waals surface area (Å²) in [5.74, 6) is -0.763. The zero-order valence-corrected chi connectivity index (χ0v) is 12.8. The lowest BCUT2D eigenvalue weighted by atomic mass is 10.1. The van der Waals surface area contributed by atoms with Crippen LogP contribution < -0.4 is 5.32 Å². The Morgan fingerprint density at radius 3 is 2.85 bits per heavy atom. The lowest BCUT2D eigenvalue weighted by Crippen LogP contribution is -2.29.